The van der Waals surface area contributed by atoms with Crippen LogP contribution in [-0.2, 0) is 0 Å². The number of carbonyl (C=O) groups is 1. The number of carbonyl (C=O) groups excluding carboxylic acids is 1. The molecule has 0 aliphatic rings. The van der Waals surface area contributed by atoms with Gasteiger partial charge in [0.1, 0.15) is 5.56 Å². The van der Waals surface area contributed by atoms with Crippen LogP contribution in [0.4, 0.5) is 0 Å². The predicted octanol–water partition coefficient (Wildman–Crippen LogP) is 3.39. The Morgan fingerprint density at radius 3 is 2.18 bits per heavy atom. The maximum atomic E-state index is 12.4. The number of hydrogen-bond acceptors (Lipinski definition) is 3. The molecule has 3 aromatic rings. The lowest BCUT2D eigenvalue weighted by Crippen LogP contribution is -2.31. The standard InChI is InChI=1S/C23H25N3O2/c1-26(2)16-6-15-24-22(27)20-13-14-21(25-23(20)28)19-11-9-18(10-12-19)17-7-4-3-5-8-17/h3-5,7-14H,6,15-16H2,1-2H3,(H,24,27)(H,25,28). The van der Waals surface area contributed by atoms with Crippen molar-refractivity contribution in [2.45, 2.75) is 6.42 Å². The van der Waals surface area contributed by atoms with Crippen LogP contribution in [0.2, 0.25) is 0 Å². The van der Waals surface area contributed by atoms with Gasteiger partial charge in [-0.1, -0.05) is 54.6 Å². The van der Waals surface area contributed by atoms with Crippen LogP contribution in [0.15, 0.2) is 71.5 Å². The number of nitrogens with one attached hydrogen (secondary N) is 2. The zero-order valence-electron chi connectivity index (χ0n) is 16.2. The van der Waals surface area contributed by atoms with Gasteiger partial charge in [-0.2, -0.15) is 0 Å². The SMILES string of the molecule is CN(C)CCCNC(=O)c1ccc(-c2ccc(-c3ccccc3)cc2)[nH]c1=O. The monoisotopic (exact) mass is 375 g/mol. The normalized spacial score (nSPS) is 10.8. The van der Waals surface area contributed by atoms with E-state index < -0.39 is 0 Å². The van der Waals surface area contributed by atoms with Gasteiger partial charge < -0.3 is 15.2 Å². The van der Waals surface area contributed by atoms with E-state index in [2.05, 4.69) is 27.3 Å². The number of aromatic amines is 1. The Hall–Kier alpha value is -3.18. The van der Waals surface area contributed by atoms with Crippen molar-refractivity contribution in [2.24, 2.45) is 0 Å². The second-order valence-corrected chi connectivity index (χ2v) is 6.97. The second kappa shape index (κ2) is 9.15. The Bertz CT molecular complexity index is 977. The average molecular weight is 375 g/mol. The molecule has 1 heterocycles. The van der Waals surface area contributed by atoms with Crippen LogP contribution in [0.25, 0.3) is 22.4 Å². The summed E-state index contributed by atoms with van der Waals surface area (Å²) in [4.78, 5) is 29.4. The molecule has 1 amide bonds. The Morgan fingerprint density at radius 1 is 0.893 bits per heavy atom. The van der Waals surface area contributed by atoms with Gasteiger partial charge in [0.05, 0.1) is 0 Å². The Morgan fingerprint density at radius 2 is 1.54 bits per heavy atom. The third-order valence-electron chi connectivity index (χ3n) is 4.52. The van der Waals surface area contributed by atoms with Gasteiger partial charge in [-0.15, -0.1) is 0 Å². The van der Waals surface area contributed by atoms with Crippen molar-refractivity contribution >= 4 is 5.91 Å². The minimum atomic E-state index is -0.380. The smallest absolute Gasteiger partial charge is 0.261 e. The largest absolute Gasteiger partial charge is 0.352 e. The van der Waals surface area contributed by atoms with Gasteiger partial charge in [-0.05, 0) is 55.9 Å². The quantitative estimate of drug-likeness (QED) is 0.622. The van der Waals surface area contributed by atoms with Crippen LogP contribution in [-0.4, -0.2) is 43.0 Å². The molecule has 0 unspecified atom stereocenters. The van der Waals surface area contributed by atoms with Gasteiger partial charge in [0.25, 0.3) is 11.5 Å². The lowest BCUT2D eigenvalue weighted by molar-refractivity contribution is 0.0951. The van der Waals surface area contributed by atoms with E-state index in [1.807, 2.05) is 56.6 Å². The van der Waals surface area contributed by atoms with E-state index in [1.165, 1.54) is 0 Å². The highest BCUT2D eigenvalue weighted by molar-refractivity contribution is 5.94. The highest BCUT2D eigenvalue weighted by Crippen LogP contribution is 2.23. The molecule has 2 N–H and O–H groups in total. The summed E-state index contributed by atoms with van der Waals surface area (Å²) in [5, 5.41) is 2.79. The molecule has 0 bridgehead atoms. The summed E-state index contributed by atoms with van der Waals surface area (Å²) < 4.78 is 0. The number of H-pyrrole nitrogens is 1. The van der Waals surface area contributed by atoms with Crippen LogP contribution in [0.5, 0.6) is 0 Å². The summed E-state index contributed by atoms with van der Waals surface area (Å²) in [5.74, 6) is -0.342. The second-order valence-electron chi connectivity index (χ2n) is 6.97. The minimum absolute atomic E-state index is 0.134. The molecule has 1 aromatic heterocycles. The predicted molar refractivity (Wildman–Crippen MR) is 113 cm³/mol. The fourth-order valence-corrected chi connectivity index (χ4v) is 2.99. The van der Waals surface area contributed by atoms with Crippen molar-refractivity contribution in [3.63, 3.8) is 0 Å². The Balaban J connectivity index is 1.70. The molecular formula is C23H25N3O2. The molecule has 3 rings (SSSR count). The van der Waals surface area contributed by atoms with E-state index in [1.54, 1.807) is 12.1 Å². The first-order valence-electron chi connectivity index (χ1n) is 9.37. The molecule has 0 spiro atoms. The van der Waals surface area contributed by atoms with Crippen molar-refractivity contribution in [3.8, 4) is 22.4 Å². The highest BCUT2D eigenvalue weighted by atomic mass is 16.2. The van der Waals surface area contributed by atoms with Crippen molar-refractivity contribution in [1.82, 2.24) is 15.2 Å². The molecule has 144 valence electrons. The fourth-order valence-electron chi connectivity index (χ4n) is 2.99. The number of nitrogens with zero attached hydrogens (tertiary/aromatic N) is 1. The molecule has 28 heavy (non-hydrogen) atoms. The summed E-state index contributed by atoms with van der Waals surface area (Å²) in [7, 11) is 3.97. The lowest BCUT2D eigenvalue weighted by atomic mass is 10.0. The van der Waals surface area contributed by atoms with Crippen molar-refractivity contribution in [1.29, 1.82) is 0 Å². The molecule has 5 heteroatoms. The Kier molecular flexibility index (Phi) is 6.40. The number of amides is 1. The van der Waals surface area contributed by atoms with Crippen LogP contribution in [0, 0.1) is 0 Å². The molecule has 0 atom stereocenters. The third-order valence-corrected chi connectivity index (χ3v) is 4.52. The van der Waals surface area contributed by atoms with Gasteiger partial charge >= 0.3 is 0 Å². The van der Waals surface area contributed by atoms with Gasteiger partial charge in [0, 0.05) is 12.2 Å². The maximum Gasteiger partial charge on any atom is 0.261 e. The van der Waals surface area contributed by atoms with E-state index in [0.717, 1.165) is 29.7 Å². The van der Waals surface area contributed by atoms with Gasteiger partial charge in [-0.3, -0.25) is 9.59 Å². The molecule has 0 aliphatic heterocycles. The first-order chi connectivity index (χ1) is 13.5. The zero-order valence-corrected chi connectivity index (χ0v) is 16.2. The molecule has 0 radical (unpaired) electrons. The third kappa shape index (κ3) is 4.96. The molecule has 0 aliphatic carbocycles. The molecule has 5 nitrogen and oxygen atoms in total. The molecule has 2 aromatic carbocycles. The van der Waals surface area contributed by atoms with Crippen LogP contribution >= 0.6 is 0 Å². The number of pyridine rings is 1. The number of aromatic nitrogens is 1. The number of hydrogen-bond donors (Lipinski definition) is 2. The number of rotatable bonds is 7. The maximum absolute atomic E-state index is 12.4. The van der Waals surface area contributed by atoms with Crippen LogP contribution < -0.4 is 10.9 Å². The lowest BCUT2D eigenvalue weighted by Gasteiger charge is -2.10. The fraction of sp³-hybridized carbons (Fsp3) is 0.217. The summed E-state index contributed by atoms with van der Waals surface area (Å²) in [6.07, 6.45) is 0.836. The topological polar surface area (TPSA) is 65.2 Å². The molecular weight excluding hydrogens is 350 g/mol. The number of benzene rings is 2. The van der Waals surface area contributed by atoms with E-state index in [-0.39, 0.29) is 17.0 Å². The first kappa shape index (κ1) is 19.6. The van der Waals surface area contributed by atoms with Gasteiger partial charge in [0.15, 0.2) is 0 Å². The van der Waals surface area contributed by atoms with Crippen LogP contribution in [0.3, 0.4) is 0 Å². The van der Waals surface area contributed by atoms with E-state index in [0.29, 0.717) is 12.2 Å². The van der Waals surface area contributed by atoms with E-state index in [4.69, 9.17) is 0 Å². The average Bonchev–Trinajstić information content (AvgIpc) is 2.71. The van der Waals surface area contributed by atoms with Gasteiger partial charge in [0.2, 0.25) is 0 Å². The highest BCUT2D eigenvalue weighted by Gasteiger charge is 2.11. The first-order valence-corrected chi connectivity index (χ1v) is 9.37. The zero-order chi connectivity index (χ0) is 19.9. The molecule has 0 saturated heterocycles. The van der Waals surface area contributed by atoms with Gasteiger partial charge in [-0.25, -0.2) is 0 Å². The van der Waals surface area contributed by atoms with E-state index in [9.17, 15) is 9.59 Å². The van der Waals surface area contributed by atoms with Crippen LogP contribution in [0.1, 0.15) is 16.8 Å². The summed E-state index contributed by atoms with van der Waals surface area (Å²) in [6, 6.07) is 21.4. The van der Waals surface area contributed by atoms with Crippen molar-refractivity contribution < 1.29 is 4.79 Å². The molecule has 0 saturated carbocycles. The summed E-state index contributed by atoms with van der Waals surface area (Å²) >= 11 is 0. The Labute approximate surface area is 165 Å². The summed E-state index contributed by atoms with van der Waals surface area (Å²) in [5.41, 5.74) is 3.59. The minimum Gasteiger partial charge on any atom is -0.352 e. The van der Waals surface area contributed by atoms with Crippen molar-refractivity contribution in [3.05, 3.63) is 82.6 Å². The summed E-state index contributed by atoms with van der Waals surface area (Å²) in [6.45, 7) is 1.42. The molecule has 0 fully saturated rings. The van der Waals surface area contributed by atoms with Crippen molar-refractivity contribution in [2.75, 3.05) is 27.2 Å². The van der Waals surface area contributed by atoms with E-state index >= 15 is 0 Å².